The number of hydrogen-bond acceptors (Lipinski definition) is 10. The zero-order valence-electron chi connectivity index (χ0n) is 56.5. The van der Waals surface area contributed by atoms with Gasteiger partial charge in [0.1, 0.15) is 24.4 Å². The van der Waals surface area contributed by atoms with Crippen LogP contribution in [0.4, 0.5) is 0 Å². The zero-order chi connectivity index (χ0) is 64.6. The largest absolute Gasteiger partial charge is 0.454 e. The van der Waals surface area contributed by atoms with Gasteiger partial charge >= 0.3 is 5.97 Å². The molecule has 0 aromatic carbocycles. The van der Waals surface area contributed by atoms with E-state index in [4.69, 9.17) is 14.2 Å². The summed E-state index contributed by atoms with van der Waals surface area (Å²) in [6.45, 7) is 5.64. The second-order valence-corrected chi connectivity index (χ2v) is 24.2. The predicted molar refractivity (Wildman–Crippen MR) is 374 cm³/mol. The van der Waals surface area contributed by atoms with Crippen molar-refractivity contribution in [1.29, 1.82) is 0 Å². The van der Waals surface area contributed by atoms with Crippen LogP contribution in [0, 0.1) is 0 Å². The summed E-state index contributed by atoms with van der Waals surface area (Å²) in [6.07, 6.45) is 80.5. The maximum Gasteiger partial charge on any atom is 0.306 e. The lowest BCUT2D eigenvalue weighted by atomic mass is 9.99. The Balaban J connectivity index is 2.58. The van der Waals surface area contributed by atoms with Crippen LogP contribution < -0.4 is 5.32 Å². The lowest BCUT2D eigenvalue weighted by molar-refractivity contribution is -0.305. The molecule has 0 aromatic rings. The molecule has 0 saturated carbocycles. The molecule has 1 heterocycles. The molecule has 508 valence electrons. The van der Waals surface area contributed by atoms with Crippen LogP contribution in [0.2, 0.25) is 0 Å². The summed E-state index contributed by atoms with van der Waals surface area (Å²) >= 11 is 0. The number of aliphatic hydroxyl groups excluding tert-OH is 5. The average Bonchev–Trinajstić information content (AvgIpc) is 3.71. The number of ether oxygens (including phenoxy) is 3. The highest BCUT2D eigenvalue weighted by molar-refractivity contribution is 5.80. The molecule has 0 bridgehead atoms. The molecule has 0 radical (unpaired) electrons. The van der Waals surface area contributed by atoms with Crippen LogP contribution in [-0.4, -0.2) is 99.6 Å². The summed E-state index contributed by atoms with van der Waals surface area (Å²) in [7, 11) is 0. The number of aliphatic hydroxyl groups is 5. The van der Waals surface area contributed by atoms with E-state index in [1.807, 2.05) is 6.08 Å². The predicted octanol–water partition coefficient (Wildman–Crippen LogP) is 18.7. The Hall–Kier alpha value is -4.20. The summed E-state index contributed by atoms with van der Waals surface area (Å²) in [5, 5.41) is 57.2. The molecule has 11 heteroatoms. The van der Waals surface area contributed by atoms with Gasteiger partial charge in [-0.3, -0.25) is 9.59 Å². The smallest absolute Gasteiger partial charge is 0.306 e. The molecule has 0 aliphatic carbocycles. The molecule has 1 aliphatic rings. The van der Waals surface area contributed by atoms with E-state index in [0.29, 0.717) is 12.8 Å². The van der Waals surface area contributed by atoms with Gasteiger partial charge in [-0.25, -0.2) is 0 Å². The summed E-state index contributed by atoms with van der Waals surface area (Å²) in [5.74, 6) is -1.22. The Bertz CT molecular complexity index is 1960. The number of carbonyl (C=O) groups is 2. The standard InChI is InChI=1S/C78H131NO10/c1-4-7-10-13-16-19-22-24-26-28-30-32-34-36-38-40-42-44-46-48-51-54-57-60-63-66-73(83)89-76-75(85)74(84)72(67-80)88-78(76)87-68-69(70(81)64-61-58-55-52-49-21-18-15-12-9-6-3)79-77(86)71(82)65-62-59-56-53-50-47-45-43-41-39-37-35-33-31-29-27-25-23-20-17-14-11-8-5-2/h7,10,16-17,19-20,24-27,30-33,36-39,42,44,61,64,69-72,74-76,78,80-82,84-85H,4-6,8-9,11-15,18,21-23,28-29,34-35,40-41,43,45-60,62-63,65-68H2,1-3H3,(H,79,86)/b10-7-,19-16-,20-17-,26-24-,27-25-,32-30-,33-31-,38-36-,39-37-,44-42-,64-61+. The van der Waals surface area contributed by atoms with Crippen LogP contribution in [0.5, 0.6) is 0 Å². The molecule has 1 fully saturated rings. The Kier molecular flexibility index (Phi) is 59.5. The first-order valence-corrected chi connectivity index (χ1v) is 36.0. The SMILES string of the molecule is CC/C=C\C/C=C\C/C=C\C/C=C\C/C=C\C/C=C\CCCCCCCCC(=O)OC1C(OCC(NC(=O)C(O)CCCCCCCCCC/C=C\C/C=C\C/C=C\C/C=C\CCCCC)C(O)/C=C/CCCCCCCCCCC)OC(CO)C(O)C1O. The van der Waals surface area contributed by atoms with Crippen molar-refractivity contribution in [3.05, 3.63) is 134 Å². The summed E-state index contributed by atoms with van der Waals surface area (Å²) in [4.78, 5) is 26.7. The van der Waals surface area contributed by atoms with Gasteiger partial charge in [-0.2, -0.15) is 0 Å². The molecule has 89 heavy (non-hydrogen) atoms. The van der Waals surface area contributed by atoms with Gasteiger partial charge in [-0.1, -0.05) is 289 Å². The van der Waals surface area contributed by atoms with E-state index in [9.17, 15) is 35.1 Å². The quantitative estimate of drug-likeness (QED) is 0.0195. The van der Waals surface area contributed by atoms with Crippen molar-refractivity contribution in [1.82, 2.24) is 5.32 Å². The van der Waals surface area contributed by atoms with Crippen LogP contribution in [0.25, 0.3) is 0 Å². The minimum atomic E-state index is -1.63. The first-order chi connectivity index (χ1) is 43.7. The molecule has 8 unspecified atom stereocenters. The topological polar surface area (TPSA) is 175 Å². The number of esters is 1. The fourth-order valence-electron chi connectivity index (χ4n) is 10.4. The second kappa shape index (κ2) is 63.9. The molecule has 6 N–H and O–H groups in total. The van der Waals surface area contributed by atoms with E-state index in [1.165, 1.54) is 83.5 Å². The Morgan fingerprint density at radius 3 is 1.24 bits per heavy atom. The number of allylic oxidation sites excluding steroid dienone is 21. The zero-order valence-corrected chi connectivity index (χ0v) is 56.5. The van der Waals surface area contributed by atoms with Gasteiger partial charge in [0.25, 0.3) is 0 Å². The summed E-state index contributed by atoms with van der Waals surface area (Å²) < 4.78 is 17.7. The second-order valence-electron chi connectivity index (χ2n) is 24.2. The normalized spacial score (nSPS) is 18.9. The fraction of sp³-hybridized carbons (Fsp3) is 0.692. The van der Waals surface area contributed by atoms with Gasteiger partial charge in [0.15, 0.2) is 12.4 Å². The molecular weight excluding hydrogens is 1110 g/mol. The van der Waals surface area contributed by atoms with Crippen LogP contribution in [0.1, 0.15) is 284 Å². The molecule has 1 amide bonds. The average molecular weight is 1240 g/mol. The molecule has 0 aromatic heterocycles. The van der Waals surface area contributed by atoms with Crippen LogP contribution in [-0.2, 0) is 23.8 Å². The van der Waals surface area contributed by atoms with E-state index in [2.05, 4.69) is 148 Å². The molecule has 8 atom stereocenters. The number of nitrogens with one attached hydrogen (secondary N) is 1. The van der Waals surface area contributed by atoms with E-state index < -0.39 is 67.4 Å². The van der Waals surface area contributed by atoms with E-state index in [-0.39, 0.29) is 19.4 Å². The summed E-state index contributed by atoms with van der Waals surface area (Å²) in [6, 6.07) is -1.04. The van der Waals surface area contributed by atoms with Crippen LogP contribution in [0.3, 0.4) is 0 Å². The minimum Gasteiger partial charge on any atom is -0.454 e. The lowest BCUT2D eigenvalue weighted by Crippen LogP contribution is -2.61. The third-order valence-electron chi connectivity index (χ3n) is 16.0. The van der Waals surface area contributed by atoms with Gasteiger partial charge in [0.05, 0.1) is 25.4 Å². The number of unbranched alkanes of at least 4 members (excludes halogenated alkanes) is 26. The highest BCUT2D eigenvalue weighted by Gasteiger charge is 2.47. The Morgan fingerprint density at radius 1 is 0.449 bits per heavy atom. The fourth-order valence-corrected chi connectivity index (χ4v) is 10.4. The molecule has 1 saturated heterocycles. The number of amides is 1. The van der Waals surface area contributed by atoms with Crippen LogP contribution >= 0.6 is 0 Å². The van der Waals surface area contributed by atoms with E-state index >= 15 is 0 Å². The van der Waals surface area contributed by atoms with Crippen molar-refractivity contribution in [2.75, 3.05) is 13.2 Å². The Labute approximate surface area is 543 Å². The summed E-state index contributed by atoms with van der Waals surface area (Å²) in [5.41, 5.74) is 0. The number of rotatable bonds is 60. The first-order valence-electron chi connectivity index (χ1n) is 36.0. The van der Waals surface area contributed by atoms with Gasteiger partial charge in [0, 0.05) is 6.42 Å². The van der Waals surface area contributed by atoms with Crippen LogP contribution in [0.15, 0.2) is 134 Å². The van der Waals surface area contributed by atoms with Gasteiger partial charge in [-0.15, -0.1) is 0 Å². The molecule has 11 nitrogen and oxygen atoms in total. The van der Waals surface area contributed by atoms with Crippen molar-refractivity contribution in [3.63, 3.8) is 0 Å². The molecular formula is C78H131NO10. The number of hydrogen-bond donors (Lipinski definition) is 6. The molecule has 1 rings (SSSR count). The number of carbonyl (C=O) groups excluding carboxylic acids is 2. The third-order valence-corrected chi connectivity index (χ3v) is 16.0. The maximum atomic E-state index is 13.5. The van der Waals surface area contributed by atoms with Gasteiger partial charge < -0.3 is 45.1 Å². The van der Waals surface area contributed by atoms with E-state index in [0.717, 1.165) is 154 Å². The lowest BCUT2D eigenvalue weighted by Gasteiger charge is -2.41. The van der Waals surface area contributed by atoms with Crippen molar-refractivity contribution in [3.8, 4) is 0 Å². The molecule has 1 aliphatic heterocycles. The highest BCUT2D eigenvalue weighted by atomic mass is 16.7. The first kappa shape index (κ1) is 82.8. The third kappa shape index (κ3) is 51.1. The highest BCUT2D eigenvalue weighted by Crippen LogP contribution is 2.26. The van der Waals surface area contributed by atoms with Crippen molar-refractivity contribution < 1.29 is 49.3 Å². The Morgan fingerprint density at radius 2 is 0.809 bits per heavy atom. The molecule has 0 spiro atoms. The minimum absolute atomic E-state index is 0.0981. The maximum absolute atomic E-state index is 13.5. The van der Waals surface area contributed by atoms with Gasteiger partial charge in [-0.05, 0) is 122 Å². The van der Waals surface area contributed by atoms with Crippen molar-refractivity contribution in [2.24, 2.45) is 0 Å². The van der Waals surface area contributed by atoms with Gasteiger partial charge in [0.2, 0.25) is 5.91 Å². The van der Waals surface area contributed by atoms with E-state index in [1.54, 1.807) is 6.08 Å². The van der Waals surface area contributed by atoms with Crippen molar-refractivity contribution >= 4 is 11.9 Å². The van der Waals surface area contributed by atoms with Crippen molar-refractivity contribution in [2.45, 2.75) is 333 Å². The monoisotopic (exact) mass is 1240 g/mol.